The van der Waals surface area contributed by atoms with Gasteiger partial charge in [0.15, 0.2) is 5.78 Å². The summed E-state index contributed by atoms with van der Waals surface area (Å²) < 4.78 is 11.4. The van der Waals surface area contributed by atoms with E-state index in [4.69, 9.17) is 21.1 Å². The second-order valence-electron chi connectivity index (χ2n) is 7.15. The van der Waals surface area contributed by atoms with E-state index in [-0.39, 0.29) is 18.1 Å². The van der Waals surface area contributed by atoms with Crippen LogP contribution in [-0.2, 0) is 4.79 Å². The Hall–Kier alpha value is -2.79. The molecule has 1 saturated heterocycles. The molecule has 5 nitrogen and oxygen atoms in total. The van der Waals surface area contributed by atoms with Crippen molar-refractivity contribution in [3.8, 4) is 11.5 Å². The Kier molecular flexibility index (Phi) is 4.85. The van der Waals surface area contributed by atoms with Crippen molar-refractivity contribution in [3.63, 3.8) is 0 Å². The normalized spacial score (nSPS) is 21.1. The van der Waals surface area contributed by atoms with E-state index in [2.05, 4.69) is 0 Å². The molecule has 0 aliphatic carbocycles. The van der Waals surface area contributed by atoms with Crippen molar-refractivity contribution < 1.29 is 19.1 Å². The number of fused-ring (bicyclic) bond motifs is 1. The van der Waals surface area contributed by atoms with Gasteiger partial charge in [-0.05, 0) is 42.0 Å². The molecule has 1 spiro atoms. The van der Waals surface area contributed by atoms with Crippen LogP contribution in [-0.4, -0.2) is 42.4 Å². The molecule has 0 radical (unpaired) electrons. The molecule has 0 saturated carbocycles. The third kappa shape index (κ3) is 3.62. The number of carbonyl (C=O) groups is 2. The second-order valence-corrected chi connectivity index (χ2v) is 7.58. The topological polar surface area (TPSA) is 55.8 Å². The lowest BCUT2D eigenvalue weighted by Crippen LogP contribution is -2.45. The molecule has 2 aromatic carbocycles. The van der Waals surface area contributed by atoms with Crippen molar-refractivity contribution in [2.45, 2.75) is 18.4 Å². The number of benzene rings is 2. The minimum absolute atomic E-state index is 0.0175. The van der Waals surface area contributed by atoms with E-state index in [9.17, 15) is 9.59 Å². The zero-order chi connectivity index (χ0) is 19.7. The summed E-state index contributed by atoms with van der Waals surface area (Å²) in [5.41, 5.74) is 0.746. The molecule has 28 heavy (non-hydrogen) atoms. The number of carbonyl (C=O) groups excluding carboxylic acids is 2. The summed E-state index contributed by atoms with van der Waals surface area (Å²) in [5, 5.41) is 0.624. The van der Waals surface area contributed by atoms with Crippen LogP contribution in [0.5, 0.6) is 11.5 Å². The summed E-state index contributed by atoms with van der Waals surface area (Å²) in [6, 6.07) is 12.5. The zero-order valence-electron chi connectivity index (χ0n) is 15.5. The Bertz CT molecular complexity index is 971. The smallest absolute Gasteiger partial charge is 0.246 e. The summed E-state index contributed by atoms with van der Waals surface area (Å²) in [5.74, 6) is 1.10. The SMILES string of the molecule is COc1ccc2c(c1)C(=O)CC1(CCN(C(=O)/C=C/c3cccc(Cl)c3)C1)O2. The summed E-state index contributed by atoms with van der Waals surface area (Å²) >= 11 is 5.97. The number of nitrogens with zero attached hydrogens (tertiary/aromatic N) is 1. The number of rotatable bonds is 3. The highest BCUT2D eigenvalue weighted by molar-refractivity contribution is 6.30. The maximum atomic E-state index is 12.7. The lowest BCUT2D eigenvalue weighted by Gasteiger charge is -2.34. The van der Waals surface area contributed by atoms with Gasteiger partial charge in [0.25, 0.3) is 0 Å². The van der Waals surface area contributed by atoms with E-state index in [1.165, 1.54) is 6.08 Å². The third-order valence-corrected chi connectivity index (χ3v) is 5.43. The van der Waals surface area contributed by atoms with E-state index in [0.29, 0.717) is 41.6 Å². The van der Waals surface area contributed by atoms with Gasteiger partial charge in [0.05, 0.1) is 25.6 Å². The van der Waals surface area contributed by atoms with Gasteiger partial charge >= 0.3 is 0 Å². The maximum absolute atomic E-state index is 12.7. The van der Waals surface area contributed by atoms with Gasteiger partial charge in [-0.25, -0.2) is 0 Å². The molecule has 1 unspecified atom stereocenters. The molecule has 0 bridgehead atoms. The molecule has 144 valence electrons. The number of Topliss-reactive ketones (excluding diaryl/α,β-unsaturated/α-hetero) is 1. The van der Waals surface area contributed by atoms with E-state index in [1.54, 1.807) is 48.4 Å². The highest BCUT2D eigenvalue weighted by Crippen LogP contribution is 2.40. The number of amides is 1. The molecular formula is C22H20ClNO4. The van der Waals surface area contributed by atoms with Gasteiger partial charge in [0.1, 0.15) is 17.1 Å². The number of ether oxygens (including phenoxy) is 2. The fraction of sp³-hybridized carbons (Fsp3) is 0.273. The summed E-state index contributed by atoms with van der Waals surface area (Å²) in [6.45, 7) is 0.945. The molecule has 0 N–H and O–H groups in total. The van der Waals surface area contributed by atoms with Crippen LogP contribution in [0.4, 0.5) is 0 Å². The molecule has 1 atom stereocenters. The van der Waals surface area contributed by atoms with Gasteiger partial charge in [-0.1, -0.05) is 23.7 Å². The number of methoxy groups -OCH3 is 1. The van der Waals surface area contributed by atoms with Crippen molar-refractivity contribution in [2.75, 3.05) is 20.2 Å². The zero-order valence-corrected chi connectivity index (χ0v) is 16.2. The van der Waals surface area contributed by atoms with Crippen LogP contribution in [0.25, 0.3) is 6.08 Å². The third-order valence-electron chi connectivity index (χ3n) is 5.19. The van der Waals surface area contributed by atoms with Crippen LogP contribution in [0, 0.1) is 0 Å². The first kappa shape index (κ1) is 18.6. The minimum atomic E-state index is -0.655. The largest absolute Gasteiger partial charge is 0.497 e. The molecular weight excluding hydrogens is 378 g/mol. The Morgan fingerprint density at radius 2 is 2.14 bits per heavy atom. The van der Waals surface area contributed by atoms with Crippen LogP contribution in [0.15, 0.2) is 48.5 Å². The van der Waals surface area contributed by atoms with Crippen molar-refractivity contribution in [3.05, 3.63) is 64.7 Å². The van der Waals surface area contributed by atoms with Crippen LogP contribution in [0.1, 0.15) is 28.8 Å². The molecule has 4 rings (SSSR count). The molecule has 2 heterocycles. The van der Waals surface area contributed by atoms with Crippen LogP contribution >= 0.6 is 11.6 Å². The van der Waals surface area contributed by atoms with E-state index < -0.39 is 5.60 Å². The van der Waals surface area contributed by atoms with Crippen LogP contribution in [0.3, 0.4) is 0 Å². The first-order chi connectivity index (χ1) is 13.5. The van der Waals surface area contributed by atoms with Gasteiger partial charge in [0, 0.05) is 24.1 Å². The first-order valence-corrected chi connectivity index (χ1v) is 9.49. The highest BCUT2D eigenvalue weighted by Gasteiger charge is 2.46. The van der Waals surface area contributed by atoms with Crippen molar-refractivity contribution in [1.82, 2.24) is 4.90 Å². The molecule has 2 aliphatic heterocycles. The molecule has 1 amide bonds. The van der Waals surface area contributed by atoms with Gasteiger partial charge in [0.2, 0.25) is 5.91 Å². The number of hydrogen-bond acceptors (Lipinski definition) is 4. The molecule has 2 aromatic rings. The van der Waals surface area contributed by atoms with E-state index in [0.717, 1.165) is 5.56 Å². The van der Waals surface area contributed by atoms with Crippen molar-refractivity contribution >= 4 is 29.4 Å². The molecule has 2 aliphatic rings. The Morgan fingerprint density at radius 3 is 2.93 bits per heavy atom. The van der Waals surface area contributed by atoms with E-state index in [1.807, 2.05) is 12.1 Å². The number of likely N-dealkylation sites (tertiary alicyclic amines) is 1. The molecule has 6 heteroatoms. The Balaban J connectivity index is 1.47. The van der Waals surface area contributed by atoms with Crippen molar-refractivity contribution in [2.24, 2.45) is 0 Å². The number of hydrogen-bond donors (Lipinski definition) is 0. The summed E-state index contributed by atoms with van der Waals surface area (Å²) in [4.78, 5) is 27.0. The average Bonchev–Trinajstić information content (AvgIpc) is 3.09. The average molecular weight is 398 g/mol. The first-order valence-electron chi connectivity index (χ1n) is 9.11. The van der Waals surface area contributed by atoms with E-state index >= 15 is 0 Å². The second kappa shape index (κ2) is 7.32. The fourth-order valence-corrected chi connectivity index (χ4v) is 3.94. The molecule has 1 fully saturated rings. The lowest BCUT2D eigenvalue weighted by molar-refractivity contribution is -0.125. The quantitative estimate of drug-likeness (QED) is 0.734. The summed E-state index contributed by atoms with van der Waals surface area (Å²) in [7, 11) is 1.56. The number of ketones is 1. The fourth-order valence-electron chi connectivity index (χ4n) is 3.74. The minimum Gasteiger partial charge on any atom is -0.497 e. The standard InChI is InChI=1S/C22H20ClNO4/c1-27-17-6-7-20-18(12-17)19(25)13-22(28-20)9-10-24(14-22)21(26)8-5-15-3-2-4-16(23)11-15/h2-8,11-12H,9-10,13-14H2,1H3/b8-5+. The summed E-state index contributed by atoms with van der Waals surface area (Å²) in [6.07, 6.45) is 4.16. The number of halogens is 1. The Morgan fingerprint density at radius 1 is 1.29 bits per heavy atom. The van der Waals surface area contributed by atoms with Crippen molar-refractivity contribution in [1.29, 1.82) is 0 Å². The monoisotopic (exact) mass is 397 g/mol. The predicted molar refractivity (Wildman–Crippen MR) is 107 cm³/mol. The van der Waals surface area contributed by atoms with Gasteiger partial charge in [-0.3, -0.25) is 9.59 Å². The molecule has 0 aromatic heterocycles. The maximum Gasteiger partial charge on any atom is 0.246 e. The van der Waals surface area contributed by atoms with Crippen LogP contribution < -0.4 is 9.47 Å². The Labute approximate surface area is 168 Å². The van der Waals surface area contributed by atoms with Gasteiger partial charge < -0.3 is 14.4 Å². The van der Waals surface area contributed by atoms with Crippen LogP contribution in [0.2, 0.25) is 5.02 Å². The van der Waals surface area contributed by atoms with Gasteiger partial charge in [-0.2, -0.15) is 0 Å². The lowest BCUT2D eigenvalue weighted by atomic mass is 9.89. The highest BCUT2D eigenvalue weighted by atomic mass is 35.5. The predicted octanol–water partition coefficient (Wildman–Crippen LogP) is 4.00. The van der Waals surface area contributed by atoms with Gasteiger partial charge in [-0.15, -0.1) is 0 Å².